The van der Waals surface area contributed by atoms with E-state index in [0.717, 1.165) is 0 Å². The van der Waals surface area contributed by atoms with Gasteiger partial charge in [-0.15, -0.1) is 12.4 Å². The van der Waals surface area contributed by atoms with Crippen molar-refractivity contribution in [2.24, 2.45) is 5.73 Å². The second kappa shape index (κ2) is 7.21. The minimum Gasteiger partial charge on any atom is -0.377 e. The Hall–Kier alpha value is -1.11. The fourth-order valence-electron chi connectivity index (χ4n) is 0.987. The highest BCUT2D eigenvalue weighted by molar-refractivity contribution is 5.92. The maximum Gasteiger partial charge on any atom is 0.273 e. The zero-order valence-corrected chi connectivity index (χ0v) is 10.0. The molecule has 1 heterocycles. The van der Waals surface area contributed by atoms with E-state index in [1.807, 2.05) is 6.92 Å². The number of halogens is 1. The van der Waals surface area contributed by atoms with E-state index in [9.17, 15) is 4.79 Å². The van der Waals surface area contributed by atoms with Crippen molar-refractivity contribution in [3.8, 4) is 0 Å². The molecule has 1 rings (SSSR count). The molecule has 0 radical (unpaired) electrons. The van der Waals surface area contributed by atoms with E-state index in [4.69, 9.17) is 15.0 Å². The molecule has 0 saturated carbocycles. The summed E-state index contributed by atoms with van der Waals surface area (Å²) in [6.07, 6.45) is 0. The molecular weight excluding hydrogens is 234 g/mol. The Morgan fingerprint density at radius 2 is 2.44 bits per heavy atom. The van der Waals surface area contributed by atoms with E-state index in [-0.39, 0.29) is 30.0 Å². The van der Waals surface area contributed by atoms with Crippen molar-refractivity contribution in [1.82, 2.24) is 10.5 Å². The molecule has 0 aliphatic heterocycles. The molecule has 7 heteroatoms. The van der Waals surface area contributed by atoms with Crippen LogP contribution in [0.5, 0.6) is 0 Å². The van der Waals surface area contributed by atoms with Crippen molar-refractivity contribution in [3.05, 3.63) is 17.5 Å². The molecule has 0 spiro atoms. The molecule has 1 amide bonds. The van der Waals surface area contributed by atoms with Crippen LogP contribution in [0.15, 0.2) is 10.6 Å². The number of hydrogen-bond acceptors (Lipinski definition) is 5. The number of aromatic nitrogens is 1. The van der Waals surface area contributed by atoms with E-state index in [1.165, 1.54) is 0 Å². The molecule has 0 unspecified atom stereocenters. The van der Waals surface area contributed by atoms with Crippen molar-refractivity contribution in [2.75, 3.05) is 13.7 Å². The van der Waals surface area contributed by atoms with Crippen molar-refractivity contribution < 1.29 is 14.1 Å². The Bertz CT molecular complexity index is 330. The monoisotopic (exact) mass is 249 g/mol. The number of nitrogens with one attached hydrogen (secondary N) is 1. The highest BCUT2D eigenvalue weighted by Gasteiger charge is 2.13. The second-order valence-corrected chi connectivity index (χ2v) is 3.22. The summed E-state index contributed by atoms with van der Waals surface area (Å²) in [7, 11) is 1.54. The molecular formula is C9H16ClN3O3. The molecule has 0 saturated heterocycles. The highest BCUT2D eigenvalue weighted by atomic mass is 35.5. The lowest BCUT2D eigenvalue weighted by atomic mass is 10.3. The average molecular weight is 250 g/mol. The Kier molecular flexibility index (Phi) is 6.71. The molecule has 0 aliphatic rings. The molecule has 1 aromatic heterocycles. The first-order valence-corrected chi connectivity index (χ1v) is 4.62. The standard InChI is InChI=1S/C9H15N3O3.ClH/c1-6(4-10)11-9(13)8-3-7(5-14-2)15-12-8;/h3,6H,4-5,10H2,1-2H3,(H,11,13);1H/t6-;/m0./s1. The van der Waals surface area contributed by atoms with Crippen LogP contribution in [0.4, 0.5) is 0 Å². The molecule has 0 fully saturated rings. The van der Waals surface area contributed by atoms with E-state index in [1.54, 1.807) is 13.2 Å². The van der Waals surface area contributed by atoms with Crippen LogP contribution in [0, 0.1) is 0 Å². The summed E-state index contributed by atoms with van der Waals surface area (Å²) in [5.41, 5.74) is 5.61. The van der Waals surface area contributed by atoms with Gasteiger partial charge in [0.2, 0.25) is 0 Å². The summed E-state index contributed by atoms with van der Waals surface area (Å²) < 4.78 is 9.71. The van der Waals surface area contributed by atoms with E-state index >= 15 is 0 Å². The molecule has 0 aliphatic carbocycles. The summed E-state index contributed by atoms with van der Waals surface area (Å²) in [5.74, 6) is 0.224. The van der Waals surface area contributed by atoms with Gasteiger partial charge >= 0.3 is 0 Å². The zero-order valence-electron chi connectivity index (χ0n) is 9.23. The van der Waals surface area contributed by atoms with Gasteiger partial charge in [0.05, 0.1) is 0 Å². The fourth-order valence-corrected chi connectivity index (χ4v) is 0.987. The third kappa shape index (κ3) is 4.18. The molecule has 3 N–H and O–H groups in total. The average Bonchev–Trinajstić information content (AvgIpc) is 2.67. The van der Waals surface area contributed by atoms with Crippen molar-refractivity contribution >= 4 is 18.3 Å². The smallest absolute Gasteiger partial charge is 0.273 e. The van der Waals surface area contributed by atoms with Gasteiger partial charge in [0, 0.05) is 25.8 Å². The van der Waals surface area contributed by atoms with Gasteiger partial charge in [-0.05, 0) is 6.92 Å². The normalized spacial score (nSPS) is 11.7. The summed E-state index contributed by atoms with van der Waals surface area (Å²) in [4.78, 5) is 11.5. The third-order valence-electron chi connectivity index (χ3n) is 1.81. The van der Waals surface area contributed by atoms with E-state index in [2.05, 4.69) is 10.5 Å². The zero-order chi connectivity index (χ0) is 11.3. The van der Waals surface area contributed by atoms with Gasteiger partial charge in [-0.25, -0.2) is 0 Å². The van der Waals surface area contributed by atoms with Crippen LogP contribution in [-0.4, -0.2) is 30.8 Å². The number of methoxy groups -OCH3 is 1. The highest BCUT2D eigenvalue weighted by Crippen LogP contribution is 2.04. The van der Waals surface area contributed by atoms with Gasteiger partial charge in [0.25, 0.3) is 5.91 Å². The number of hydrogen-bond donors (Lipinski definition) is 2. The SMILES string of the molecule is COCc1cc(C(=O)N[C@@H](C)CN)no1.Cl. The lowest BCUT2D eigenvalue weighted by molar-refractivity contribution is 0.0931. The van der Waals surface area contributed by atoms with Crippen LogP contribution in [-0.2, 0) is 11.3 Å². The van der Waals surface area contributed by atoms with Crippen LogP contribution in [0.3, 0.4) is 0 Å². The summed E-state index contributed by atoms with van der Waals surface area (Å²) in [5, 5.41) is 6.29. The lowest BCUT2D eigenvalue weighted by Gasteiger charge is -2.08. The van der Waals surface area contributed by atoms with Gasteiger partial charge in [-0.1, -0.05) is 5.16 Å². The number of amides is 1. The number of ether oxygens (including phenoxy) is 1. The second-order valence-electron chi connectivity index (χ2n) is 3.22. The number of rotatable bonds is 5. The number of carbonyl (C=O) groups excluding carboxylic acids is 1. The number of nitrogens with zero attached hydrogens (tertiary/aromatic N) is 1. The first kappa shape index (κ1) is 14.9. The van der Waals surface area contributed by atoms with E-state index in [0.29, 0.717) is 18.9 Å². The lowest BCUT2D eigenvalue weighted by Crippen LogP contribution is -2.37. The van der Waals surface area contributed by atoms with Gasteiger partial charge in [0.15, 0.2) is 11.5 Å². The quantitative estimate of drug-likeness (QED) is 0.784. The molecule has 0 aromatic carbocycles. The Morgan fingerprint density at radius 3 is 3.00 bits per heavy atom. The van der Waals surface area contributed by atoms with Gasteiger partial charge in [-0.3, -0.25) is 4.79 Å². The van der Waals surface area contributed by atoms with Gasteiger partial charge in [0.1, 0.15) is 6.61 Å². The third-order valence-corrected chi connectivity index (χ3v) is 1.81. The van der Waals surface area contributed by atoms with Crippen LogP contribution < -0.4 is 11.1 Å². The predicted molar refractivity (Wildman–Crippen MR) is 60.4 cm³/mol. The van der Waals surface area contributed by atoms with Crippen LogP contribution in [0.2, 0.25) is 0 Å². The molecule has 0 bridgehead atoms. The van der Waals surface area contributed by atoms with Gasteiger partial charge < -0.3 is 20.3 Å². The molecule has 6 nitrogen and oxygen atoms in total. The minimum atomic E-state index is -0.293. The maximum absolute atomic E-state index is 11.5. The maximum atomic E-state index is 11.5. The molecule has 16 heavy (non-hydrogen) atoms. The Labute approximate surface area is 99.9 Å². The first-order valence-electron chi connectivity index (χ1n) is 4.62. The van der Waals surface area contributed by atoms with Gasteiger partial charge in [-0.2, -0.15) is 0 Å². The molecule has 1 atom stereocenters. The van der Waals surface area contributed by atoms with Crippen LogP contribution in [0.1, 0.15) is 23.2 Å². The number of nitrogens with two attached hydrogens (primary N) is 1. The van der Waals surface area contributed by atoms with Crippen molar-refractivity contribution in [1.29, 1.82) is 0 Å². The first-order chi connectivity index (χ1) is 7.17. The van der Waals surface area contributed by atoms with Crippen molar-refractivity contribution in [3.63, 3.8) is 0 Å². The summed E-state index contributed by atoms with van der Waals surface area (Å²) in [6, 6.07) is 1.46. The number of carbonyl (C=O) groups is 1. The minimum absolute atomic E-state index is 0. The predicted octanol–water partition coefficient (Wildman–Crippen LogP) is 0.320. The summed E-state index contributed by atoms with van der Waals surface area (Å²) in [6.45, 7) is 2.50. The van der Waals surface area contributed by atoms with E-state index < -0.39 is 0 Å². The molecule has 92 valence electrons. The largest absolute Gasteiger partial charge is 0.377 e. The Balaban J connectivity index is 0.00000225. The van der Waals surface area contributed by atoms with Crippen LogP contribution in [0.25, 0.3) is 0 Å². The fraction of sp³-hybridized carbons (Fsp3) is 0.556. The molecule has 1 aromatic rings. The topological polar surface area (TPSA) is 90.4 Å². The van der Waals surface area contributed by atoms with Crippen LogP contribution >= 0.6 is 12.4 Å². The Morgan fingerprint density at radius 1 is 1.75 bits per heavy atom. The van der Waals surface area contributed by atoms with Crippen molar-refractivity contribution in [2.45, 2.75) is 19.6 Å². The summed E-state index contributed by atoms with van der Waals surface area (Å²) >= 11 is 0.